The van der Waals surface area contributed by atoms with Gasteiger partial charge in [-0.2, -0.15) is 0 Å². The molecule has 0 aromatic heterocycles. The van der Waals surface area contributed by atoms with E-state index in [4.69, 9.17) is 10.5 Å². The Balaban J connectivity index is 2.20. The van der Waals surface area contributed by atoms with Gasteiger partial charge in [0.15, 0.2) is 0 Å². The first-order chi connectivity index (χ1) is 9.54. The van der Waals surface area contributed by atoms with Gasteiger partial charge >= 0.3 is 0 Å². The zero-order chi connectivity index (χ0) is 14.7. The van der Waals surface area contributed by atoms with E-state index in [9.17, 15) is 0 Å². The van der Waals surface area contributed by atoms with E-state index in [2.05, 4.69) is 43.7 Å². The van der Waals surface area contributed by atoms with Crippen molar-refractivity contribution in [2.45, 2.75) is 39.3 Å². The highest BCUT2D eigenvalue weighted by atomic mass is 16.5. The van der Waals surface area contributed by atoms with Crippen LogP contribution < -0.4 is 15.4 Å². The van der Waals surface area contributed by atoms with E-state index in [1.165, 1.54) is 0 Å². The third kappa shape index (κ3) is 3.01. The van der Waals surface area contributed by atoms with Gasteiger partial charge in [-0.1, -0.05) is 13.0 Å². The summed E-state index contributed by atoms with van der Waals surface area (Å²) < 4.78 is 5.73. The second kappa shape index (κ2) is 6.35. The van der Waals surface area contributed by atoms with Gasteiger partial charge in [0.05, 0.1) is 18.0 Å². The lowest BCUT2D eigenvalue weighted by molar-refractivity contribution is 0.170. The Bertz CT molecular complexity index is 437. The van der Waals surface area contributed by atoms with Crippen LogP contribution in [0.25, 0.3) is 0 Å². The Labute approximate surface area is 122 Å². The number of nitrogens with two attached hydrogens (primary N) is 1. The molecule has 4 nitrogen and oxygen atoms in total. The van der Waals surface area contributed by atoms with E-state index in [0.717, 1.165) is 36.6 Å². The normalized spacial score (nSPS) is 23.9. The van der Waals surface area contributed by atoms with Crippen molar-refractivity contribution in [2.24, 2.45) is 0 Å². The number of nitrogens with zero attached hydrogens (tertiary/aromatic N) is 2. The molecule has 0 radical (unpaired) electrons. The molecule has 0 amide bonds. The summed E-state index contributed by atoms with van der Waals surface area (Å²) >= 11 is 0. The molecular formula is C16H27N3O. The summed E-state index contributed by atoms with van der Waals surface area (Å²) in [5.74, 6) is 0.809. The summed E-state index contributed by atoms with van der Waals surface area (Å²) in [4.78, 5) is 4.80. The van der Waals surface area contributed by atoms with Gasteiger partial charge in [-0.3, -0.25) is 4.90 Å². The van der Waals surface area contributed by atoms with Crippen LogP contribution in [-0.4, -0.2) is 43.7 Å². The largest absolute Gasteiger partial charge is 0.491 e. The highest BCUT2D eigenvalue weighted by Gasteiger charge is 2.27. The number of hydrogen-bond donors (Lipinski definition) is 1. The maximum Gasteiger partial charge on any atom is 0.144 e. The summed E-state index contributed by atoms with van der Waals surface area (Å²) in [7, 11) is 2.19. The van der Waals surface area contributed by atoms with Crippen LogP contribution in [0, 0.1) is 0 Å². The number of benzene rings is 1. The van der Waals surface area contributed by atoms with Gasteiger partial charge in [-0.25, -0.2) is 0 Å². The van der Waals surface area contributed by atoms with Crippen molar-refractivity contribution >= 4 is 11.4 Å². The number of rotatable bonds is 4. The Morgan fingerprint density at radius 2 is 1.90 bits per heavy atom. The van der Waals surface area contributed by atoms with E-state index >= 15 is 0 Å². The lowest BCUT2D eigenvalue weighted by atomic mass is 10.1. The van der Waals surface area contributed by atoms with E-state index in [-0.39, 0.29) is 0 Å². The van der Waals surface area contributed by atoms with E-state index in [0.29, 0.717) is 18.7 Å². The first kappa shape index (κ1) is 15.0. The molecular weight excluding hydrogens is 250 g/mol. The predicted molar refractivity (Wildman–Crippen MR) is 85.5 cm³/mol. The molecule has 1 fully saturated rings. The monoisotopic (exact) mass is 277 g/mol. The molecule has 0 bridgehead atoms. The molecule has 0 aliphatic carbocycles. The van der Waals surface area contributed by atoms with Crippen LogP contribution in [-0.2, 0) is 0 Å². The topological polar surface area (TPSA) is 41.7 Å². The van der Waals surface area contributed by atoms with Crippen LogP contribution in [0.15, 0.2) is 18.2 Å². The molecule has 0 spiro atoms. The molecule has 2 atom stereocenters. The lowest BCUT2D eigenvalue weighted by Gasteiger charge is -2.43. The van der Waals surface area contributed by atoms with Crippen LogP contribution in [0.1, 0.15) is 27.2 Å². The van der Waals surface area contributed by atoms with Crippen LogP contribution >= 0.6 is 0 Å². The van der Waals surface area contributed by atoms with Crippen molar-refractivity contribution in [3.63, 3.8) is 0 Å². The highest BCUT2D eigenvalue weighted by molar-refractivity contribution is 5.74. The highest BCUT2D eigenvalue weighted by Crippen LogP contribution is 2.34. The summed E-state index contributed by atoms with van der Waals surface area (Å²) in [6, 6.07) is 7.14. The van der Waals surface area contributed by atoms with Crippen molar-refractivity contribution < 1.29 is 4.74 Å². The van der Waals surface area contributed by atoms with Gasteiger partial charge in [-0.15, -0.1) is 0 Å². The predicted octanol–water partition coefficient (Wildman–Crippen LogP) is 2.59. The lowest BCUT2D eigenvalue weighted by Crippen LogP contribution is -2.55. The second-order valence-electron chi connectivity index (χ2n) is 5.81. The van der Waals surface area contributed by atoms with Gasteiger partial charge in [0.1, 0.15) is 5.75 Å². The molecule has 1 aromatic rings. The first-order valence-electron chi connectivity index (χ1n) is 7.52. The fourth-order valence-electron chi connectivity index (χ4n) is 2.75. The number of hydrogen-bond acceptors (Lipinski definition) is 4. The fourth-order valence-corrected chi connectivity index (χ4v) is 2.75. The van der Waals surface area contributed by atoms with Gasteiger partial charge in [0.2, 0.25) is 0 Å². The fraction of sp³-hybridized carbons (Fsp3) is 0.625. The Morgan fingerprint density at radius 1 is 1.25 bits per heavy atom. The summed E-state index contributed by atoms with van der Waals surface area (Å²) in [6.07, 6.45) is 0.992. The zero-order valence-electron chi connectivity index (χ0n) is 13.1. The molecule has 1 aliphatic heterocycles. The number of ether oxygens (including phenoxy) is 1. The summed E-state index contributed by atoms with van der Waals surface area (Å²) in [6.45, 7) is 9.34. The number of anilines is 2. The number of likely N-dealkylation sites (N-methyl/N-ethyl adjacent to an activating group) is 1. The minimum Gasteiger partial charge on any atom is -0.491 e. The average Bonchev–Trinajstić information content (AvgIpc) is 2.43. The molecule has 1 saturated heterocycles. The van der Waals surface area contributed by atoms with Gasteiger partial charge < -0.3 is 15.4 Å². The number of para-hydroxylation sites is 1. The second-order valence-corrected chi connectivity index (χ2v) is 5.81. The molecule has 1 aliphatic rings. The van der Waals surface area contributed by atoms with Crippen molar-refractivity contribution in [1.82, 2.24) is 4.90 Å². The summed E-state index contributed by atoms with van der Waals surface area (Å²) in [5, 5.41) is 0. The van der Waals surface area contributed by atoms with Crippen molar-refractivity contribution in [3.05, 3.63) is 18.2 Å². The van der Waals surface area contributed by atoms with E-state index in [1.54, 1.807) is 0 Å². The van der Waals surface area contributed by atoms with Crippen LogP contribution in [0.5, 0.6) is 5.75 Å². The molecule has 20 heavy (non-hydrogen) atoms. The maximum atomic E-state index is 6.30. The molecule has 1 heterocycles. The van der Waals surface area contributed by atoms with Crippen molar-refractivity contribution in [2.75, 3.05) is 37.4 Å². The van der Waals surface area contributed by atoms with E-state index < -0.39 is 0 Å². The van der Waals surface area contributed by atoms with Gasteiger partial charge in [0.25, 0.3) is 0 Å². The van der Waals surface area contributed by atoms with Crippen LogP contribution in [0.4, 0.5) is 11.4 Å². The van der Waals surface area contributed by atoms with Gasteiger partial charge in [-0.05, 0) is 39.4 Å². The van der Waals surface area contributed by atoms with Crippen LogP contribution in [0.3, 0.4) is 0 Å². The molecule has 4 heteroatoms. The Morgan fingerprint density at radius 3 is 2.50 bits per heavy atom. The SMILES string of the molecule is CCCOc1cccc(N2CC(C)N(C)C(C)C2)c1N. The number of piperazine rings is 1. The minimum atomic E-state index is 0.526. The maximum absolute atomic E-state index is 6.30. The molecule has 2 unspecified atom stereocenters. The minimum absolute atomic E-state index is 0.526. The van der Waals surface area contributed by atoms with Crippen LogP contribution in [0.2, 0.25) is 0 Å². The summed E-state index contributed by atoms with van der Waals surface area (Å²) in [5.41, 5.74) is 8.17. The molecule has 1 aromatic carbocycles. The zero-order valence-corrected chi connectivity index (χ0v) is 13.1. The van der Waals surface area contributed by atoms with Crippen molar-refractivity contribution in [3.8, 4) is 5.75 Å². The Hall–Kier alpha value is -1.42. The third-order valence-corrected chi connectivity index (χ3v) is 4.21. The van der Waals surface area contributed by atoms with Gasteiger partial charge in [0, 0.05) is 25.2 Å². The molecule has 2 N–H and O–H groups in total. The quantitative estimate of drug-likeness (QED) is 0.859. The number of nitrogen functional groups attached to an aromatic ring is 1. The third-order valence-electron chi connectivity index (χ3n) is 4.21. The first-order valence-corrected chi connectivity index (χ1v) is 7.52. The molecule has 112 valence electrons. The average molecular weight is 277 g/mol. The standard InChI is InChI=1S/C16H27N3O/c1-5-9-20-15-8-6-7-14(16(15)17)19-10-12(2)18(4)13(3)11-19/h6-8,12-13H,5,9-11,17H2,1-4H3. The van der Waals surface area contributed by atoms with E-state index in [1.807, 2.05) is 12.1 Å². The van der Waals surface area contributed by atoms with Crippen molar-refractivity contribution in [1.29, 1.82) is 0 Å². The molecule has 2 rings (SSSR count). The Kier molecular flexibility index (Phi) is 4.76. The molecule has 0 saturated carbocycles. The smallest absolute Gasteiger partial charge is 0.144 e.